The lowest BCUT2D eigenvalue weighted by Gasteiger charge is -2.19. The molecule has 1 aliphatic heterocycles. The second-order valence-corrected chi connectivity index (χ2v) is 6.23. The Labute approximate surface area is 151 Å². The molecule has 0 atom stereocenters. The van der Waals surface area contributed by atoms with E-state index in [0.717, 1.165) is 15.6 Å². The highest BCUT2D eigenvalue weighted by Crippen LogP contribution is 2.42. The van der Waals surface area contributed by atoms with Crippen LogP contribution >= 0.6 is 15.9 Å². The van der Waals surface area contributed by atoms with Gasteiger partial charge in [0.25, 0.3) is 0 Å². The molecule has 1 aliphatic rings. The molecule has 4 rings (SSSR count). The molecular formula is C17H13BrN4O3. The van der Waals surface area contributed by atoms with Crippen molar-refractivity contribution in [1.29, 1.82) is 0 Å². The van der Waals surface area contributed by atoms with Crippen molar-refractivity contribution in [1.82, 2.24) is 19.7 Å². The zero-order valence-electron chi connectivity index (χ0n) is 13.3. The fourth-order valence-electron chi connectivity index (χ4n) is 2.73. The van der Waals surface area contributed by atoms with Gasteiger partial charge in [-0.15, -0.1) is 0 Å². The van der Waals surface area contributed by atoms with E-state index in [0.29, 0.717) is 23.9 Å². The third kappa shape index (κ3) is 2.68. The molecule has 7 nitrogen and oxygen atoms in total. The van der Waals surface area contributed by atoms with Gasteiger partial charge in [-0.1, -0.05) is 22.0 Å². The Morgan fingerprint density at radius 2 is 2.28 bits per heavy atom. The average Bonchev–Trinajstić information content (AvgIpc) is 3.03. The summed E-state index contributed by atoms with van der Waals surface area (Å²) in [6, 6.07) is 7.62. The third-order valence-electron chi connectivity index (χ3n) is 3.79. The molecule has 0 amide bonds. The van der Waals surface area contributed by atoms with Crippen LogP contribution in [0.2, 0.25) is 0 Å². The number of esters is 1. The van der Waals surface area contributed by atoms with E-state index in [-0.39, 0.29) is 12.3 Å². The Morgan fingerprint density at radius 3 is 3.04 bits per heavy atom. The molecule has 0 aliphatic carbocycles. The van der Waals surface area contributed by atoms with Gasteiger partial charge in [-0.05, 0) is 24.6 Å². The predicted octanol–water partition coefficient (Wildman–Crippen LogP) is 3.16. The van der Waals surface area contributed by atoms with Crippen LogP contribution in [0.25, 0.3) is 17.1 Å². The molecule has 0 spiro atoms. The van der Waals surface area contributed by atoms with E-state index in [4.69, 9.17) is 9.47 Å². The van der Waals surface area contributed by atoms with Crippen molar-refractivity contribution in [3.05, 3.63) is 52.5 Å². The highest BCUT2D eigenvalue weighted by atomic mass is 79.9. The summed E-state index contributed by atoms with van der Waals surface area (Å²) < 4.78 is 13.5. The van der Waals surface area contributed by atoms with E-state index >= 15 is 0 Å². The van der Waals surface area contributed by atoms with Crippen LogP contribution in [0.15, 0.2) is 41.3 Å². The number of nitrogens with zero attached hydrogens (tertiary/aromatic N) is 4. The molecule has 1 aromatic carbocycles. The average molecular weight is 401 g/mol. The largest absolute Gasteiger partial charge is 0.484 e. The minimum absolute atomic E-state index is 0.140. The number of fused-ring (bicyclic) bond motifs is 3. The molecule has 126 valence electrons. The van der Waals surface area contributed by atoms with Gasteiger partial charge in [0.2, 0.25) is 5.69 Å². The lowest BCUT2D eigenvalue weighted by Crippen LogP contribution is -2.10. The minimum Gasteiger partial charge on any atom is -0.484 e. The maximum Gasteiger partial charge on any atom is 0.362 e. The van der Waals surface area contributed by atoms with Gasteiger partial charge in [0.15, 0.2) is 11.6 Å². The van der Waals surface area contributed by atoms with Crippen LogP contribution in [0.1, 0.15) is 23.0 Å². The molecular weight excluding hydrogens is 388 g/mol. The Hall–Kier alpha value is -2.74. The molecule has 0 unspecified atom stereocenters. The van der Waals surface area contributed by atoms with Crippen LogP contribution < -0.4 is 4.74 Å². The van der Waals surface area contributed by atoms with Gasteiger partial charge in [0.1, 0.15) is 18.6 Å². The second kappa shape index (κ2) is 6.29. The topological polar surface area (TPSA) is 79.1 Å². The Bertz CT molecular complexity index is 956. The first-order valence-corrected chi connectivity index (χ1v) is 8.46. The minimum atomic E-state index is -0.523. The first-order valence-electron chi connectivity index (χ1n) is 7.67. The molecule has 3 aromatic rings. The fraction of sp³-hybridized carbons (Fsp3) is 0.176. The second-order valence-electron chi connectivity index (χ2n) is 5.32. The molecule has 0 bridgehead atoms. The number of ether oxygens (including phenoxy) is 2. The predicted molar refractivity (Wildman–Crippen MR) is 92.6 cm³/mol. The molecule has 8 heteroatoms. The van der Waals surface area contributed by atoms with Crippen molar-refractivity contribution in [3.8, 4) is 22.8 Å². The van der Waals surface area contributed by atoms with E-state index < -0.39 is 5.97 Å². The Kier molecular flexibility index (Phi) is 3.96. The number of carbonyl (C=O) groups excluding carboxylic acids is 1. The lowest BCUT2D eigenvalue weighted by molar-refractivity contribution is 0.0514. The summed E-state index contributed by atoms with van der Waals surface area (Å²) in [5, 5.41) is 4.42. The molecule has 25 heavy (non-hydrogen) atoms. The van der Waals surface area contributed by atoms with Crippen LogP contribution in [0.4, 0.5) is 0 Å². The Morgan fingerprint density at radius 1 is 1.40 bits per heavy atom. The number of rotatable bonds is 3. The van der Waals surface area contributed by atoms with Crippen molar-refractivity contribution in [2.45, 2.75) is 13.5 Å². The highest BCUT2D eigenvalue weighted by molar-refractivity contribution is 9.10. The van der Waals surface area contributed by atoms with Crippen molar-refractivity contribution < 1.29 is 14.3 Å². The number of halogens is 1. The smallest absolute Gasteiger partial charge is 0.362 e. The van der Waals surface area contributed by atoms with E-state index in [9.17, 15) is 4.79 Å². The van der Waals surface area contributed by atoms with Crippen molar-refractivity contribution in [3.63, 3.8) is 0 Å². The Balaban J connectivity index is 1.98. The van der Waals surface area contributed by atoms with E-state index in [1.807, 2.05) is 18.2 Å². The first-order chi connectivity index (χ1) is 12.2. The van der Waals surface area contributed by atoms with E-state index in [1.165, 1.54) is 6.33 Å². The van der Waals surface area contributed by atoms with Gasteiger partial charge in [-0.25, -0.2) is 19.4 Å². The number of benzene rings is 1. The normalized spacial score (nSPS) is 12.1. The number of aromatic nitrogens is 4. The maximum atomic E-state index is 12.3. The lowest BCUT2D eigenvalue weighted by atomic mass is 10.0. The molecule has 0 saturated carbocycles. The quantitative estimate of drug-likeness (QED) is 0.628. The summed E-state index contributed by atoms with van der Waals surface area (Å²) in [6.45, 7) is 2.37. The summed E-state index contributed by atoms with van der Waals surface area (Å²) in [5.74, 6) is 0.422. The summed E-state index contributed by atoms with van der Waals surface area (Å²) >= 11 is 3.50. The fourth-order valence-corrected chi connectivity index (χ4v) is 3.09. The van der Waals surface area contributed by atoms with Crippen LogP contribution in [-0.2, 0) is 11.3 Å². The third-order valence-corrected chi connectivity index (χ3v) is 4.29. The summed E-state index contributed by atoms with van der Waals surface area (Å²) in [4.78, 5) is 20.5. The van der Waals surface area contributed by atoms with E-state index in [1.54, 1.807) is 23.9 Å². The van der Waals surface area contributed by atoms with Gasteiger partial charge in [-0.3, -0.25) is 0 Å². The molecule has 0 N–H and O–H groups in total. The van der Waals surface area contributed by atoms with E-state index in [2.05, 4.69) is 31.0 Å². The number of hydrogen-bond acceptors (Lipinski definition) is 6. The zero-order valence-corrected chi connectivity index (χ0v) is 14.9. The van der Waals surface area contributed by atoms with Crippen molar-refractivity contribution in [2.24, 2.45) is 0 Å². The zero-order chi connectivity index (χ0) is 17.4. The molecule has 0 radical (unpaired) electrons. The van der Waals surface area contributed by atoms with Gasteiger partial charge in [0.05, 0.1) is 6.61 Å². The SMILES string of the molecule is CCOC(=O)c1nn(-c2ccncn2)c2c1OCc1ccc(Br)cc1-2. The highest BCUT2D eigenvalue weighted by Gasteiger charge is 2.31. The first kappa shape index (κ1) is 15.8. The summed E-state index contributed by atoms with van der Waals surface area (Å²) in [5.41, 5.74) is 2.74. The molecule has 0 fully saturated rings. The number of hydrogen-bond donors (Lipinski definition) is 0. The van der Waals surface area contributed by atoms with Crippen molar-refractivity contribution >= 4 is 21.9 Å². The summed E-state index contributed by atoms with van der Waals surface area (Å²) in [6.07, 6.45) is 3.05. The van der Waals surface area contributed by atoms with Crippen LogP contribution in [0, 0.1) is 0 Å². The van der Waals surface area contributed by atoms with Crippen molar-refractivity contribution in [2.75, 3.05) is 6.61 Å². The molecule has 0 saturated heterocycles. The van der Waals surface area contributed by atoms with Gasteiger partial charge >= 0.3 is 5.97 Å². The number of carbonyl (C=O) groups is 1. The van der Waals surface area contributed by atoms with Gasteiger partial charge < -0.3 is 9.47 Å². The molecule has 2 aromatic heterocycles. The van der Waals surface area contributed by atoms with Gasteiger partial charge in [-0.2, -0.15) is 5.10 Å². The summed E-state index contributed by atoms with van der Waals surface area (Å²) in [7, 11) is 0. The molecule has 3 heterocycles. The van der Waals surface area contributed by atoms with Crippen LogP contribution in [0.5, 0.6) is 5.75 Å². The van der Waals surface area contributed by atoms with Crippen LogP contribution in [-0.4, -0.2) is 32.3 Å². The van der Waals surface area contributed by atoms with Crippen LogP contribution in [0.3, 0.4) is 0 Å². The maximum absolute atomic E-state index is 12.3. The standard InChI is InChI=1S/C17H13BrN4O3/c1-2-24-17(23)14-16-15(22(21-14)13-5-6-19-9-20-13)12-7-11(18)4-3-10(12)8-25-16/h3-7,9H,2,8H2,1H3. The monoisotopic (exact) mass is 400 g/mol. The van der Waals surface area contributed by atoms with Gasteiger partial charge in [0, 0.05) is 22.3 Å².